The summed E-state index contributed by atoms with van der Waals surface area (Å²) in [5.41, 5.74) is 10.8. The van der Waals surface area contributed by atoms with Gasteiger partial charge < -0.3 is 25.1 Å². The standard InChI is InChI=1S/C26H29N3O4/c1-15-10-19-21(13-26(2,3)14-22(19)30)29(15)17-7-8-18(25(27)31)20(12-17)28-16-6-9-23(32-4)24(11-16)33-5/h6-12,28H,13-14H2,1-5H3,(H2,27,31). The summed E-state index contributed by atoms with van der Waals surface area (Å²) < 4.78 is 12.8. The van der Waals surface area contributed by atoms with Gasteiger partial charge in [0.05, 0.1) is 25.5 Å². The number of fused-ring (bicyclic) bond motifs is 1. The van der Waals surface area contributed by atoms with Crippen LogP contribution in [0.5, 0.6) is 11.5 Å². The molecule has 0 atom stereocenters. The van der Waals surface area contributed by atoms with Gasteiger partial charge in [0, 0.05) is 40.8 Å². The van der Waals surface area contributed by atoms with Gasteiger partial charge in [0.15, 0.2) is 17.3 Å². The first-order chi connectivity index (χ1) is 15.6. The number of nitrogens with zero attached hydrogens (tertiary/aromatic N) is 1. The Hall–Kier alpha value is -3.74. The molecule has 33 heavy (non-hydrogen) atoms. The van der Waals surface area contributed by atoms with Gasteiger partial charge in [-0.25, -0.2) is 0 Å². The minimum atomic E-state index is -0.535. The maximum atomic E-state index is 12.8. The van der Waals surface area contributed by atoms with E-state index in [1.165, 1.54) is 0 Å². The number of aromatic nitrogens is 1. The number of nitrogens with two attached hydrogens (primary N) is 1. The number of methoxy groups -OCH3 is 2. The van der Waals surface area contributed by atoms with E-state index in [2.05, 4.69) is 23.7 Å². The van der Waals surface area contributed by atoms with Gasteiger partial charge in [-0.05, 0) is 55.2 Å². The normalized spacial score (nSPS) is 14.5. The Labute approximate surface area is 193 Å². The number of carbonyl (C=O) groups excluding carboxylic acids is 2. The van der Waals surface area contributed by atoms with E-state index in [1.807, 2.05) is 31.2 Å². The fraction of sp³-hybridized carbons (Fsp3) is 0.308. The molecule has 1 aliphatic rings. The van der Waals surface area contributed by atoms with Crippen LogP contribution in [0.25, 0.3) is 5.69 Å². The Kier molecular flexibility index (Phi) is 5.66. The zero-order valence-electron chi connectivity index (χ0n) is 19.6. The molecule has 1 aromatic heterocycles. The van der Waals surface area contributed by atoms with Crippen LogP contribution in [0.1, 0.15) is 52.4 Å². The number of ketones is 1. The molecule has 3 N–H and O–H groups in total. The first-order valence-electron chi connectivity index (χ1n) is 10.8. The van der Waals surface area contributed by atoms with Crippen LogP contribution in [0.2, 0.25) is 0 Å². The van der Waals surface area contributed by atoms with Crippen LogP contribution >= 0.6 is 0 Å². The van der Waals surface area contributed by atoms with E-state index in [-0.39, 0.29) is 11.2 Å². The second-order valence-electron chi connectivity index (χ2n) is 9.21. The van der Waals surface area contributed by atoms with Gasteiger partial charge in [0.25, 0.3) is 5.91 Å². The van der Waals surface area contributed by atoms with Crippen LogP contribution in [0.4, 0.5) is 11.4 Å². The minimum Gasteiger partial charge on any atom is -0.493 e. The van der Waals surface area contributed by atoms with Crippen molar-refractivity contribution < 1.29 is 19.1 Å². The molecule has 7 heteroatoms. The molecule has 0 saturated heterocycles. The van der Waals surface area contributed by atoms with Crippen molar-refractivity contribution in [2.24, 2.45) is 11.1 Å². The topological polar surface area (TPSA) is 95.6 Å². The number of rotatable bonds is 6. The summed E-state index contributed by atoms with van der Waals surface area (Å²) >= 11 is 0. The molecule has 2 aromatic carbocycles. The largest absolute Gasteiger partial charge is 0.493 e. The van der Waals surface area contributed by atoms with Gasteiger partial charge in [-0.3, -0.25) is 9.59 Å². The quantitative estimate of drug-likeness (QED) is 0.566. The molecule has 0 fully saturated rings. The number of hydrogen-bond donors (Lipinski definition) is 2. The molecule has 172 valence electrons. The van der Waals surface area contributed by atoms with Gasteiger partial charge in [-0.1, -0.05) is 13.8 Å². The summed E-state index contributed by atoms with van der Waals surface area (Å²) in [6.45, 7) is 6.21. The number of aryl methyl sites for hydroxylation is 1. The molecule has 0 aliphatic heterocycles. The fourth-order valence-electron chi connectivity index (χ4n) is 4.57. The summed E-state index contributed by atoms with van der Waals surface area (Å²) in [6, 6.07) is 12.8. The highest BCUT2D eigenvalue weighted by atomic mass is 16.5. The highest BCUT2D eigenvalue weighted by molar-refractivity contribution is 6.00. The Morgan fingerprint density at radius 3 is 2.42 bits per heavy atom. The van der Waals surface area contributed by atoms with E-state index < -0.39 is 5.91 Å². The van der Waals surface area contributed by atoms with E-state index in [4.69, 9.17) is 15.2 Å². The summed E-state index contributed by atoms with van der Waals surface area (Å²) in [5, 5.41) is 3.29. The van der Waals surface area contributed by atoms with Crippen molar-refractivity contribution in [3.8, 4) is 17.2 Å². The fourth-order valence-corrected chi connectivity index (χ4v) is 4.57. The molecule has 1 heterocycles. The number of carbonyl (C=O) groups is 2. The van der Waals surface area contributed by atoms with Gasteiger partial charge in [0.1, 0.15) is 0 Å². The number of nitrogens with one attached hydrogen (secondary N) is 1. The molecular formula is C26H29N3O4. The third-order valence-corrected chi connectivity index (χ3v) is 6.06. The third kappa shape index (κ3) is 4.18. The maximum Gasteiger partial charge on any atom is 0.250 e. The van der Waals surface area contributed by atoms with Crippen LogP contribution in [0.3, 0.4) is 0 Å². The average molecular weight is 448 g/mol. The Morgan fingerprint density at radius 1 is 1.03 bits per heavy atom. The van der Waals surface area contributed by atoms with E-state index in [1.54, 1.807) is 32.4 Å². The summed E-state index contributed by atoms with van der Waals surface area (Å²) in [4.78, 5) is 24.9. The molecular weight excluding hydrogens is 418 g/mol. The van der Waals surface area contributed by atoms with Crippen molar-refractivity contribution in [2.75, 3.05) is 19.5 Å². The SMILES string of the molecule is COc1ccc(Nc2cc(-n3c(C)cc4c3CC(C)(C)CC4=O)ccc2C(N)=O)cc1OC. The molecule has 0 radical (unpaired) electrons. The lowest BCUT2D eigenvalue weighted by Crippen LogP contribution is -2.27. The lowest BCUT2D eigenvalue weighted by molar-refractivity contribution is 0.0910. The zero-order chi connectivity index (χ0) is 23.9. The number of benzene rings is 2. The summed E-state index contributed by atoms with van der Waals surface area (Å²) in [7, 11) is 3.14. The van der Waals surface area contributed by atoms with Crippen LogP contribution in [0, 0.1) is 12.3 Å². The monoisotopic (exact) mass is 447 g/mol. The van der Waals surface area contributed by atoms with Crippen molar-refractivity contribution in [1.82, 2.24) is 4.57 Å². The van der Waals surface area contributed by atoms with Gasteiger partial charge in [-0.15, -0.1) is 0 Å². The highest BCUT2D eigenvalue weighted by Crippen LogP contribution is 2.38. The third-order valence-electron chi connectivity index (χ3n) is 6.06. The molecule has 0 saturated carbocycles. The second-order valence-corrected chi connectivity index (χ2v) is 9.21. The van der Waals surface area contributed by atoms with E-state index in [9.17, 15) is 9.59 Å². The average Bonchev–Trinajstić information content (AvgIpc) is 3.08. The molecule has 3 aromatic rings. The summed E-state index contributed by atoms with van der Waals surface area (Å²) in [6.07, 6.45) is 1.33. The molecule has 1 aliphatic carbocycles. The number of anilines is 2. The molecule has 7 nitrogen and oxygen atoms in total. The van der Waals surface area contributed by atoms with E-state index in [0.717, 1.165) is 34.7 Å². The van der Waals surface area contributed by atoms with Crippen LogP contribution in [-0.4, -0.2) is 30.5 Å². The van der Waals surface area contributed by atoms with E-state index >= 15 is 0 Å². The second kappa shape index (κ2) is 8.31. The smallest absolute Gasteiger partial charge is 0.250 e. The maximum absolute atomic E-state index is 12.8. The molecule has 0 spiro atoms. The Morgan fingerprint density at radius 2 is 1.76 bits per heavy atom. The van der Waals surface area contributed by atoms with Crippen molar-refractivity contribution in [3.63, 3.8) is 0 Å². The van der Waals surface area contributed by atoms with Gasteiger partial charge in [0.2, 0.25) is 0 Å². The first-order valence-corrected chi connectivity index (χ1v) is 10.8. The van der Waals surface area contributed by atoms with Crippen molar-refractivity contribution >= 4 is 23.1 Å². The number of primary amides is 1. The Balaban J connectivity index is 1.81. The summed E-state index contributed by atoms with van der Waals surface area (Å²) in [5.74, 6) is 0.803. The van der Waals surface area contributed by atoms with Crippen molar-refractivity contribution in [1.29, 1.82) is 0 Å². The van der Waals surface area contributed by atoms with Crippen molar-refractivity contribution in [3.05, 3.63) is 65.0 Å². The number of Topliss-reactive ketones (excluding diaryl/α,β-unsaturated/α-hetero) is 1. The predicted molar refractivity (Wildman–Crippen MR) is 128 cm³/mol. The first kappa shape index (κ1) is 22.5. The number of ether oxygens (including phenoxy) is 2. The van der Waals surface area contributed by atoms with E-state index in [0.29, 0.717) is 29.2 Å². The van der Waals surface area contributed by atoms with Crippen molar-refractivity contribution in [2.45, 2.75) is 33.6 Å². The molecule has 1 amide bonds. The van der Waals surface area contributed by atoms with Crippen LogP contribution in [0.15, 0.2) is 42.5 Å². The molecule has 0 unspecified atom stereocenters. The molecule has 0 bridgehead atoms. The minimum absolute atomic E-state index is 0.111. The van der Waals surface area contributed by atoms with Crippen LogP contribution in [-0.2, 0) is 6.42 Å². The highest BCUT2D eigenvalue weighted by Gasteiger charge is 2.34. The number of hydrogen-bond acceptors (Lipinski definition) is 5. The lowest BCUT2D eigenvalue weighted by Gasteiger charge is -2.30. The van der Waals surface area contributed by atoms with Gasteiger partial charge >= 0.3 is 0 Å². The zero-order valence-corrected chi connectivity index (χ0v) is 19.6. The van der Waals surface area contributed by atoms with Gasteiger partial charge in [-0.2, -0.15) is 0 Å². The molecule has 4 rings (SSSR count). The Bertz CT molecular complexity index is 1260. The predicted octanol–water partition coefficient (Wildman–Crippen LogP) is 4.80. The van der Waals surface area contributed by atoms with Crippen LogP contribution < -0.4 is 20.5 Å². The lowest BCUT2D eigenvalue weighted by atomic mass is 9.76. The number of amides is 1.